The molecule has 0 saturated heterocycles. The molecule has 0 spiro atoms. The Kier molecular flexibility index (Phi) is 4.12. The van der Waals surface area contributed by atoms with Crippen molar-refractivity contribution < 1.29 is 0 Å². The summed E-state index contributed by atoms with van der Waals surface area (Å²) < 4.78 is 4.41. The Balaban J connectivity index is 2.68. The number of hydrogen-bond donors (Lipinski definition) is 1. The van der Waals surface area contributed by atoms with Crippen molar-refractivity contribution in [2.45, 2.75) is 13.0 Å². The summed E-state index contributed by atoms with van der Waals surface area (Å²) in [4.78, 5) is 0. The highest BCUT2D eigenvalue weighted by Crippen LogP contribution is 2.17. The zero-order valence-electron chi connectivity index (χ0n) is 7.17. The van der Waals surface area contributed by atoms with Gasteiger partial charge in [0.25, 0.3) is 0 Å². The highest BCUT2D eigenvalue weighted by atomic mass is 79.9. The first-order valence-electron chi connectivity index (χ1n) is 3.78. The SMILES string of the molecule is CSNC(C)c1ccc(Br)cc1. The molecule has 0 aromatic heterocycles. The molecule has 0 bridgehead atoms. The second-order valence-corrected chi connectivity index (χ2v) is 4.15. The van der Waals surface area contributed by atoms with E-state index in [1.165, 1.54) is 5.56 Å². The van der Waals surface area contributed by atoms with Gasteiger partial charge < -0.3 is 0 Å². The summed E-state index contributed by atoms with van der Waals surface area (Å²) in [6.45, 7) is 2.15. The van der Waals surface area contributed by atoms with E-state index >= 15 is 0 Å². The molecule has 1 atom stereocenters. The van der Waals surface area contributed by atoms with Gasteiger partial charge in [0.05, 0.1) is 0 Å². The van der Waals surface area contributed by atoms with Crippen molar-refractivity contribution >= 4 is 27.9 Å². The Morgan fingerprint density at radius 3 is 2.42 bits per heavy atom. The van der Waals surface area contributed by atoms with Crippen LogP contribution < -0.4 is 4.72 Å². The molecule has 0 fully saturated rings. The van der Waals surface area contributed by atoms with Crippen LogP contribution in [0.1, 0.15) is 18.5 Å². The van der Waals surface area contributed by atoms with Crippen LogP contribution in [0, 0.1) is 0 Å². The minimum absolute atomic E-state index is 0.410. The topological polar surface area (TPSA) is 12.0 Å². The lowest BCUT2D eigenvalue weighted by Crippen LogP contribution is -2.08. The Morgan fingerprint density at radius 2 is 1.92 bits per heavy atom. The van der Waals surface area contributed by atoms with E-state index in [0.29, 0.717) is 6.04 Å². The van der Waals surface area contributed by atoms with Gasteiger partial charge in [-0.15, -0.1) is 0 Å². The van der Waals surface area contributed by atoms with Gasteiger partial charge in [0.1, 0.15) is 0 Å². The number of rotatable bonds is 3. The molecule has 1 unspecified atom stereocenters. The van der Waals surface area contributed by atoms with Crippen molar-refractivity contribution in [1.82, 2.24) is 4.72 Å². The molecule has 0 heterocycles. The summed E-state index contributed by atoms with van der Waals surface area (Å²) in [7, 11) is 0. The van der Waals surface area contributed by atoms with E-state index in [4.69, 9.17) is 0 Å². The minimum atomic E-state index is 0.410. The fourth-order valence-electron chi connectivity index (χ4n) is 0.996. The number of nitrogens with one attached hydrogen (secondary N) is 1. The van der Waals surface area contributed by atoms with Crippen LogP contribution >= 0.6 is 27.9 Å². The molecule has 1 N–H and O–H groups in total. The summed E-state index contributed by atoms with van der Waals surface area (Å²) in [6.07, 6.45) is 2.04. The van der Waals surface area contributed by atoms with E-state index in [9.17, 15) is 0 Å². The Bertz CT molecular complexity index is 235. The lowest BCUT2D eigenvalue weighted by molar-refractivity contribution is 0.756. The summed E-state index contributed by atoms with van der Waals surface area (Å²) in [5.41, 5.74) is 1.31. The van der Waals surface area contributed by atoms with Gasteiger partial charge in [-0.25, -0.2) is 0 Å². The molecule has 0 aliphatic heterocycles. The molecule has 0 aliphatic rings. The first-order chi connectivity index (χ1) is 5.74. The summed E-state index contributed by atoms with van der Waals surface area (Å²) in [5.74, 6) is 0. The van der Waals surface area contributed by atoms with E-state index in [1.807, 2.05) is 6.26 Å². The molecular weight excluding hydrogens is 234 g/mol. The Hall–Kier alpha value is 0.01000. The van der Waals surface area contributed by atoms with Crippen molar-refractivity contribution in [2.75, 3.05) is 6.26 Å². The van der Waals surface area contributed by atoms with Crippen molar-refractivity contribution in [1.29, 1.82) is 0 Å². The van der Waals surface area contributed by atoms with Crippen molar-refractivity contribution in [3.8, 4) is 0 Å². The Morgan fingerprint density at radius 1 is 1.33 bits per heavy atom. The first-order valence-corrected chi connectivity index (χ1v) is 5.80. The molecule has 3 heteroatoms. The predicted octanol–water partition coefficient (Wildman–Crippen LogP) is 3.38. The third kappa shape index (κ3) is 2.81. The molecule has 12 heavy (non-hydrogen) atoms. The molecule has 0 amide bonds. The van der Waals surface area contributed by atoms with Crippen LogP contribution in [0.15, 0.2) is 28.7 Å². The number of hydrogen-bond acceptors (Lipinski definition) is 2. The molecule has 1 rings (SSSR count). The second-order valence-electron chi connectivity index (χ2n) is 2.60. The zero-order valence-corrected chi connectivity index (χ0v) is 9.58. The third-order valence-corrected chi connectivity index (χ3v) is 2.78. The highest BCUT2D eigenvalue weighted by molar-refractivity contribution is 9.10. The normalized spacial score (nSPS) is 12.9. The van der Waals surface area contributed by atoms with E-state index in [0.717, 1.165) is 4.47 Å². The lowest BCUT2D eigenvalue weighted by atomic mass is 10.1. The van der Waals surface area contributed by atoms with Gasteiger partial charge in [-0.2, -0.15) is 0 Å². The first kappa shape index (κ1) is 10.1. The number of halogens is 1. The molecular formula is C9H12BrNS. The van der Waals surface area contributed by atoms with Crippen LogP contribution in [0.5, 0.6) is 0 Å². The number of benzene rings is 1. The van der Waals surface area contributed by atoms with Gasteiger partial charge in [0.2, 0.25) is 0 Å². The van der Waals surface area contributed by atoms with Gasteiger partial charge in [-0.05, 0) is 30.9 Å². The van der Waals surface area contributed by atoms with Gasteiger partial charge >= 0.3 is 0 Å². The quantitative estimate of drug-likeness (QED) is 0.820. The summed E-state index contributed by atoms with van der Waals surface area (Å²) in [5, 5.41) is 0. The van der Waals surface area contributed by atoms with Crippen molar-refractivity contribution in [3.05, 3.63) is 34.3 Å². The van der Waals surface area contributed by atoms with Crippen LogP contribution in [-0.2, 0) is 0 Å². The van der Waals surface area contributed by atoms with E-state index < -0.39 is 0 Å². The van der Waals surface area contributed by atoms with Crippen LogP contribution in [0.2, 0.25) is 0 Å². The standard InChI is InChI=1S/C9H12BrNS/c1-7(11-12-2)8-3-5-9(10)6-4-8/h3-7,11H,1-2H3. The predicted molar refractivity (Wildman–Crippen MR) is 59.2 cm³/mol. The smallest absolute Gasteiger partial charge is 0.0393 e. The molecule has 1 aromatic carbocycles. The van der Waals surface area contributed by atoms with Crippen molar-refractivity contribution in [2.24, 2.45) is 0 Å². The molecule has 1 nitrogen and oxygen atoms in total. The average molecular weight is 246 g/mol. The van der Waals surface area contributed by atoms with Gasteiger partial charge in [-0.1, -0.05) is 40.0 Å². The second kappa shape index (κ2) is 4.90. The Labute approximate surface area is 86.2 Å². The highest BCUT2D eigenvalue weighted by Gasteiger charge is 2.01. The third-order valence-electron chi connectivity index (χ3n) is 1.66. The average Bonchev–Trinajstić information content (AvgIpc) is 2.06. The maximum Gasteiger partial charge on any atom is 0.0393 e. The van der Waals surface area contributed by atoms with E-state index in [-0.39, 0.29) is 0 Å². The van der Waals surface area contributed by atoms with E-state index in [2.05, 4.69) is 51.8 Å². The molecule has 66 valence electrons. The lowest BCUT2D eigenvalue weighted by Gasteiger charge is -2.11. The summed E-state index contributed by atoms with van der Waals surface area (Å²) >= 11 is 5.05. The maximum atomic E-state index is 3.41. The van der Waals surface area contributed by atoms with Gasteiger partial charge in [0.15, 0.2) is 0 Å². The van der Waals surface area contributed by atoms with Crippen LogP contribution in [-0.4, -0.2) is 6.26 Å². The van der Waals surface area contributed by atoms with Crippen molar-refractivity contribution in [3.63, 3.8) is 0 Å². The molecule has 0 saturated carbocycles. The largest absolute Gasteiger partial charge is 0.257 e. The van der Waals surface area contributed by atoms with Crippen LogP contribution in [0.3, 0.4) is 0 Å². The minimum Gasteiger partial charge on any atom is -0.257 e. The fraction of sp³-hybridized carbons (Fsp3) is 0.333. The fourth-order valence-corrected chi connectivity index (χ4v) is 1.75. The zero-order chi connectivity index (χ0) is 8.97. The summed E-state index contributed by atoms with van der Waals surface area (Å²) in [6, 6.07) is 8.78. The monoisotopic (exact) mass is 245 g/mol. The van der Waals surface area contributed by atoms with Crippen LogP contribution in [0.25, 0.3) is 0 Å². The maximum absolute atomic E-state index is 3.41. The van der Waals surface area contributed by atoms with Gasteiger partial charge in [0, 0.05) is 10.5 Å². The molecule has 1 aromatic rings. The molecule has 0 radical (unpaired) electrons. The molecule has 0 aliphatic carbocycles. The van der Waals surface area contributed by atoms with E-state index in [1.54, 1.807) is 11.9 Å². The van der Waals surface area contributed by atoms with Crippen LogP contribution in [0.4, 0.5) is 0 Å². The van der Waals surface area contributed by atoms with Gasteiger partial charge in [-0.3, -0.25) is 4.72 Å².